The molecule has 2 nitrogen and oxygen atoms in total. The van der Waals surface area contributed by atoms with E-state index in [2.05, 4.69) is 43.3 Å². The molecule has 2 heteroatoms. The average molecular weight is 247 g/mol. The average Bonchev–Trinajstić information content (AvgIpc) is 2.40. The molecular weight excluding hydrogens is 222 g/mol. The van der Waals surface area contributed by atoms with Gasteiger partial charge in [0.25, 0.3) is 0 Å². The summed E-state index contributed by atoms with van der Waals surface area (Å²) in [5.74, 6) is 0. The largest absolute Gasteiger partial charge is 0.378 e. The van der Waals surface area contributed by atoms with Crippen molar-refractivity contribution >= 4 is 5.69 Å². The zero-order chi connectivity index (χ0) is 12.8. The van der Waals surface area contributed by atoms with Gasteiger partial charge in [0.1, 0.15) is 0 Å². The van der Waals surface area contributed by atoms with Gasteiger partial charge in [-0.1, -0.05) is 12.1 Å². The number of rotatable bonds is 5. The fourth-order valence-electron chi connectivity index (χ4n) is 2.53. The van der Waals surface area contributed by atoms with Crippen molar-refractivity contribution in [2.24, 2.45) is 0 Å². The SMILES string of the molecule is CN(C)c1ccc(CCCC2CCCCO2)cc1. The summed E-state index contributed by atoms with van der Waals surface area (Å²) in [6, 6.07) is 8.90. The summed E-state index contributed by atoms with van der Waals surface area (Å²) in [6.07, 6.45) is 8.03. The second-order valence-corrected chi connectivity index (χ2v) is 5.44. The summed E-state index contributed by atoms with van der Waals surface area (Å²) in [5, 5.41) is 0. The third-order valence-electron chi connectivity index (χ3n) is 3.72. The van der Waals surface area contributed by atoms with Crippen LogP contribution in [0.2, 0.25) is 0 Å². The maximum atomic E-state index is 5.76. The molecule has 1 atom stereocenters. The van der Waals surface area contributed by atoms with Crippen LogP contribution < -0.4 is 4.90 Å². The number of benzene rings is 1. The molecule has 0 saturated carbocycles. The van der Waals surface area contributed by atoms with Crippen molar-refractivity contribution < 1.29 is 4.74 Å². The summed E-state index contributed by atoms with van der Waals surface area (Å²) < 4.78 is 5.76. The zero-order valence-electron chi connectivity index (χ0n) is 11.7. The molecule has 18 heavy (non-hydrogen) atoms. The lowest BCUT2D eigenvalue weighted by molar-refractivity contribution is 0.0102. The first-order valence-corrected chi connectivity index (χ1v) is 7.13. The molecule has 1 aromatic rings. The maximum Gasteiger partial charge on any atom is 0.0575 e. The Hall–Kier alpha value is -1.02. The van der Waals surface area contributed by atoms with Gasteiger partial charge in [0, 0.05) is 26.4 Å². The lowest BCUT2D eigenvalue weighted by atomic mass is 10.0. The van der Waals surface area contributed by atoms with Crippen molar-refractivity contribution in [2.75, 3.05) is 25.6 Å². The first kappa shape index (κ1) is 13.4. The Kier molecular flexibility index (Phi) is 5.06. The van der Waals surface area contributed by atoms with Crippen molar-refractivity contribution in [2.45, 2.75) is 44.6 Å². The molecule has 100 valence electrons. The highest BCUT2D eigenvalue weighted by atomic mass is 16.5. The standard InChI is InChI=1S/C16H25NO/c1-17(2)15-11-9-14(10-12-15)6-5-8-16-7-3-4-13-18-16/h9-12,16H,3-8,13H2,1-2H3. The Balaban J connectivity index is 1.72. The quantitative estimate of drug-likeness (QED) is 0.787. The third kappa shape index (κ3) is 4.02. The van der Waals surface area contributed by atoms with Crippen LogP contribution in [0, 0.1) is 0 Å². The molecule has 0 N–H and O–H groups in total. The molecule has 0 spiro atoms. The number of ether oxygens (including phenoxy) is 1. The first-order valence-electron chi connectivity index (χ1n) is 7.13. The highest BCUT2D eigenvalue weighted by Crippen LogP contribution is 2.19. The smallest absolute Gasteiger partial charge is 0.0575 e. The predicted molar refractivity (Wildman–Crippen MR) is 77.3 cm³/mol. The molecule has 0 aromatic heterocycles. The minimum Gasteiger partial charge on any atom is -0.378 e. The van der Waals surface area contributed by atoms with Gasteiger partial charge in [-0.3, -0.25) is 0 Å². The van der Waals surface area contributed by atoms with Crippen LogP contribution in [0.1, 0.15) is 37.7 Å². The molecule has 1 saturated heterocycles. The summed E-state index contributed by atoms with van der Waals surface area (Å²) in [6.45, 7) is 0.974. The topological polar surface area (TPSA) is 12.5 Å². The summed E-state index contributed by atoms with van der Waals surface area (Å²) >= 11 is 0. The minimum atomic E-state index is 0.528. The summed E-state index contributed by atoms with van der Waals surface area (Å²) in [7, 11) is 4.16. The van der Waals surface area contributed by atoms with E-state index in [0.29, 0.717) is 6.10 Å². The molecule has 1 unspecified atom stereocenters. The van der Waals surface area contributed by atoms with Crippen LogP contribution >= 0.6 is 0 Å². The van der Waals surface area contributed by atoms with Crippen LogP contribution in [0.5, 0.6) is 0 Å². The van der Waals surface area contributed by atoms with E-state index in [4.69, 9.17) is 4.74 Å². The van der Waals surface area contributed by atoms with E-state index in [9.17, 15) is 0 Å². The van der Waals surface area contributed by atoms with E-state index >= 15 is 0 Å². The van der Waals surface area contributed by atoms with Gasteiger partial charge in [0.05, 0.1) is 6.10 Å². The highest BCUT2D eigenvalue weighted by Gasteiger charge is 2.12. The minimum absolute atomic E-state index is 0.528. The normalized spacial score (nSPS) is 19.8. The second kappa shape index (κ2) is 6.79. The molecule has 1 aromatic carbocycles. The molecule has 0 amide bonds. The predicted octanol–water partition coefficient (Wildman–Crippen LogP) is 3.64. The molecule has 1 heterocycles. The zero-order valence-corrected chi connectivity index (χ0v) is 11.7. The van der Waals surface area contributed by atoms with Crippen molar-refractivity contribution in [3.8, 4) is 0 Å². The number of anilines is 1. The van der Waals surface area contributed by atoms with Gasteiger partial charge in [-0.2, -0.15) is 0 Å². The van der Waals surface area contributed by atoms with Crippen LogP contribution in [-0.4, -0.2) is 26.8 Å². The Morgan fingerprint density at radius 3 is 2.56 bits per heavy atom. The van der Waals surface area contributed by atoms with E-state index in [1.54, 1.807) is 0 Å². The maximum absolute atomic E-state index is 5.76. The van der Waals surface area contributed by atoms with Crippen molar-refractivity contribution in [3.05, 3.63) is 29.8 Å². The van der Waals surface area contributed by atoms with Crippen LogP contribution in [0.4, 0.5) is 5.69 Å². The molecule has 1 aliphatic heterocycles. The van der Waals surface area contributed by atoms with Crippen molar-refractivity contribution in [1.29, 1.82) is 0 Å². The lowest BCUT2D eigenvalue weighted by Gasteiger charge is -2.22. The molecule has 0 radical (unpaired) electrons. The van der Waals surface area contributed by atoms with E-state index in [-0.39, 0.29) is 0 Å². The Labute approximate surface area is 111 Å². The number of aryl methyl sites for hydroxylation is 1. The third-order valence-corrected chi connectivity index (χ3v) is 3.72. The molecule has 0 aliphatic carbocycles. The molecule has 1 fully saturated rings. The van der Waals surface area contributed by atoms with Gasteiger partial charge in [0.2, 0.25) is 0 Å². The molecule has 2 rings (SSSR count). The molecular formula is C16H25NO. The van der Waals surface area contributed by atoms with Gasteiger partial charge in [-0.25, -0.2) is 0 Å². The number of nitrogens with zero attached hydrogens (tertiary/aromatic N) is 1. The highest BCUT2D eigenvalue weighted by molar-refractivity contribution is 5.45. The Morgan fingerprint density at radius 2 is 1.94 bits per heavy atom. The first-order chi connectivity index (χ1) is 8.75. The van der Waals surface area contributed by atoms with Gasteiger partial charge < -0.3 is 9.64 Å². The van der Waals surface area contributed by atoms with Crippen LogP contribution in [-0.2, 0) is 11.2 Å². The van der Waals surface area contributed by atoms with Crippen LogP contribution in [0.3, 0.4) is 0 Å². The van der Waals surface area contributed by atoms with Gasteiger partial charge >= 0.3 is 0 Å². The number of hydrogen-bond donors (Lipinski definition) is 0. The van der Waals surface area contributed by atoms with Crippen LogP contribution in [0.25, 0.3) is 0 Å². The van der Waals surface area contributed by atoms with E-state index < -0.39 is 0 Å². The van der Waals surface area contributed by atoms with Gasteiger partial charge in [-0.05, 0) is 56.2 Å². The fraction of sp³-hybridized carbons (Fsp3) is 0.625. The summed E-state index contributed by atoms with van der Waals surface area (Å²) in [4.78, 5) is 2.14. The second-order valence-electron chi connectivity index (χ2n) is 5.44. The Morgan fingerprint density at radius 1 is 1.17 bits per heavy atom. The summed E-state index contributed by atoms with van der Waals surface area (Å²) in [5.41, 5.74) is 2.71. The van der Waals surface area contributed by atoms with Crippen LogP contribution in [0.15, 0.2) is 24.3 Å². The van der Waals surface area contributed by atoms with E-state index in [1.807, 2.05) is 0 Å². The van der Waals surface area contributed by atoms with Gasteiger partial charge in [-0.15, -0.1) is 0 Å². The monoisotopic (exact) mass is 247 g/mol. The van der Waals surface area contributed by atoms with Gasteiger partial charge in [0.15, 0.2) is 0 Å². The van der Waals surface area contributed by atoms with E-state index in [1.165, 1.54) is 49.8 Å². The Bertz CT molecular complexity index is 339. The fourth-order valence-corrected chi connectivity index (χ4v) is 2.53. The van der Waals surface area contributed by atoms with Crippen molar-refractivity contribution in [1.82, 2.24) is 0 Å². The number of hydrogen-bond acceptors (Lipinski definition) is 2. The van der Waals surface area contributed by atoms with Crippen molar-refractivity contribution in [3.63, 3.8) is 0 Å². The lowest BCUT2D eigenvalue weighted by Crippen LogP contribution is -2.18. The molecule has 1 aliphatic rings. The van der Waals surface area contributed by atoms with E-state index in [0.717, 1.165) is 6.61 Å². The molecule has 0 bridgehead atoms.